The summed E-state index contributed by atoms with van der Waals surface area (Å²) in [6, 6.07) is 5.36. The molecule has 0 amide bonds. The molecular weight excluding hydrogens is 278 g/mol. The van der Waals surface area contributed by atoms with Crippen molar-refractivity contribution in [2.45, 2.75) is 26.1 Å². The highest BCUT2D eigenvalue weighted by Crippen LogP contribution is 2.28. The largest absolute Gasteiger partial charge is 0.489 e. The number of likely N-dealkylation sites (N-methyl/N-ethyl adjacent to an activating group) is 1. The van der Waals surface area contributed by atoms with Crippen LogP contribution in [0.3, 0.4) is 0 Å². The molecule has 0 bridgehead atoms. The Hall–Kier alpha value is -0.810. The molecule has 2 atom stereocenters. The first kappa shape index (κ1) is 15.6. The topological polar surface area (TPSA) is 41.9 Å². The van der Waals surface area contributed by atoms with Gasteiger partial charge in [-0.3, -0.25) is 4.90 Å². The minimum atomic E-state index is -0.527. The lowest BCUT2D eigenvalue weighted by Gasteiger charge is -2.31. The Morgan fingerprint density at radius 3 is 3.00 bits per heavy atom. The molecule has 0 aliphatic carbocycles. The van der Waals surface area contributed by atoms with Gasteiger partial charge in [0.15, 0.2) is 0 Å². The quantitative estimate of drug-likeness (QED) is 0.907. The van der Waals surface area contributed by atoms with Crippen LogP contribution in [0.2, 0.25) is 5.02 Å². The maximum absolute atomic E-state index is 9.50. The Kier molecular flexibility index (Phi) is 5.66. The minimum Gasteiger partial charge on any atom is -0.489 e. The molecule has 1 aromatic rings. The standard InChI is InChI=1S/C15H22ClNO3/c1-3-17-6-7-19-13(9-17)10-20-15-5-4-12(11(2)18)8-14(15)16/h4-5,8,11,13,18H,3,6-7,9-10H2,1-2H3. The summed E-state index contributed by atoms with van der Waals surface area (Å²) in [4.78, 5) is 2.34. The van der Waals surface area contributed by atoms with E-state index >= 15 is 0 Å². The van der Waals surface area contributed by atoms with Gasteiger partial charge in [-0.05, 0) is 31.2 Å². The van der Waals surface area contributed by atoms with E-state index in [1.165, 1.54) is 0 Å². The van der Waals surface area contributed by atoms with Crippen LogP contribution in [0.25, 0.3) is 0 Å². The number of ether oxygens (including phenoxy) is 2. The van der Waals surface area contributed by atoms with Crippen LogP contribution in [0.5, 0.6) is 5.75 Å². The van der Waals surface area contributed by atoms with Gasteiger partial charge in [-0.15, -0.1) is 0 Å². The van der Waals surface area contributed by atoms with Gasteiger partial charge in [-0.1, -0.05) is 24.6 Å². The molecule has 1 aliphatic heterocycles. The fourth-order valence-corrected chi connectivity index (χ4v) is 2.49. The van der Waals surface area contributed by atoms with E-state index < -0.39 is 6.10 Å². The van der Waals surface area contributed by atoms with Crippen LogP contribution in [0.15, 0.2) is 18.2 Å². The molecule has 1 N–H and O–H groups in total. The van der Waals surface area contributed by atoms with Crippen molar-refractivity contribution in [2.75, 3.05) is 32.8 Å². The Labute approximate surface area is 125 Å². The first-order valence-electron chi connectivity index (χ1n) is 7.04. The molecule has 4 nitrogen and oxygen atoms in total. The Morgan fingerprint density at radius 1 is 1.55 bits per heavy atom. The fraction of sp³-hybridized carbons (Fsp3) is 0.600. The third kappa shape index (κ3) is 4.09. The monoisotopic (exact) mass is 299 g/mol. The molecule has 0 saturated carbocycles. The van der Waals surface area contributed by atoms with Crippen molar-refractivity contribution in [3.8, 4) is 5.75 Å². The van der Waals surface area contributed by atoms with Crippen molar-refractivity contribution in [1.82, 2.24) is 4.90 Å². The van der Waals surface area contributed by atoms with E-state index in [1.807, 2.05) is 6.07 Å². The number of rotatable bonds is 5. The van der Waals surface area contributed by atoms with Gasteiger partial charge in [0.2, 0.25) is 0 Å². The van der Waals surface area contributed by atoms with Crippen LogP contribution in [0.1, 0.15) is 25.5 Å². The van der Waals surface area contributed by atoms with Gasteiger partial charge in [0.1, 0.15) is 18.5 Å². The van der Waals surface area contributed by atoms with Crippen molar-refractivity contribution in [1.29, 1.82) is 0 Å². The van der Waals surface area contributed by atoms with E-state index in [4.69, 9.17) is 21.1 Å². The predicted octanol–water partition coefficient (Wildman–Crippen LogP) is 2.49. The third-order valence-corrected chi connectivity index (χ3v) is 3.83. The number of hydrogen-bond donors (Lipinski definition) is 1. The number of halogens is 1. The van der Waals surface area contributed by atoms with Gasteiger partial charge in [0.25, 0.3) is 0 Å². The smallest absolute Gasteiger partial charge is 0.138 e. The lowest BCUT2D eigenvalue weighted by Crippen LogP contribution is -2.44. The van der Waals surface area contributed by atoms with E-state index in [9.17, 15) is 5.11 Å². The molecular formula is C15H22ClNO3. The average molecular weight is 300 g/mol. The first-order valence-corrected chi connectivity index (χ1v) is 7.42. The second-order valence-electron chi connectivity index (χ2n) is 5.06. The van der Waals surface area contributed by atoms with Gasteiger partial charge >= 0.3 is 0 Å². The number of hydrogen-bond acceptors (Lipinski definition) is 4. The van der Waals surface area contributed by atoms with Crippen LogP contribution in [-0.4, -0.2) is 49.0 Å². The summed E-state index contributed by atoms with van der Waals surface area (Å²) in [5.41, 5.74) is 0.786. The lowest BCUT2D eigenvalue weighted by molar-refractivity contribution is -0.0463. The van der Waals surface area contributed by atoms with Crippen molar-refractivity contribution >= 4 is 11.6 Å². The van der Waals surface area contributed by atoms with E-state index in [0.717, 1.165) is 31.8 Å². The Balaban J connectivity index is 1.90. The molecule has 1 aromatic carbocycles. The number of aliphatic hydroxyl groups is 1. The predicted molar refractivity (Wildman–Crippen MR) is 79.4 cm³/mol. The Morgan fingerprint density at radius 2 is 2.35 bits per heavy atom. The normalized spacial score (nSPS) is 21.7. The van der Waals surface area contributed by atoms with Crippen LogP contribution in [-0.2, 0) is 4.74 Å². The minimum absolute atomic E-state index is 0.0798. The van der Waals surface area contributed by atoms with Gasteiger partial charge in [0, 0.05) is 13.1 Å². The van der Waals surface area contributed by atoms with E-state index in [1.54, 1.807) is 19.1 Å². The summed E-state index contributed by atoms with van der Waals surface area (Å²) < 4.78 is 11.4. The first-order chi connectivity index (χ1) is 9.60. The van der Waals surface area contributed by atoms with Gasteiger partial charge < -0.3 is 14.6 Å². The second-order valence-corrected chi connectivity index (χ2v) is 5.47. The highest BCUT2D eigenvalue weighted by atomic mass is 35.5. The van der Waals surface area contributed by atoms with E-state index in [2.05, 4.69) is 11.8 Å². The molecule has 1 saturated heterocycles. The molecule has 0 aromatic heterocycles. The molecule has 1 aliphatic rings. The number of aliphatic hydroxyl groups excluding tert-OH is 1. The summed E-state index contributed by atoms with van der Waals surface area (Å²) >= 11 is 6.16. The van der Waals surface area contributed by atoms with Gasteiger partial charge in [-0.2, -0.15) is 0 Å². The second kappa shape index (κ2) is 7.27. The van der Waals surface area contributed by atoms with Crippen molar-refractivity contribution in [2.24, 2.45) is 0 Å². The summed E-state index contributed by atoms with van der Waals surface area (Å²) in [6.45, 7) is 8.00. The summed E-state index contributed by atoms with van der Waals surface area (Å²) in [7, 11) is 0. The van der Waals surface area contributed by atoms with Crippen molar-refractivity contribution in [3.63, 3.8) is 0 Å². The molecule has 2 unspecified atom stereocenters. The summed E-state index contributed by atoms with van der Waals surface area (Å²) in [5, 5.41) is 10.0. The van der Waals surface area contributed by atoms with Crippen LogP contribution >= 0.6 is 11.6 Å². The zero-order valence-corrected chi connectivity index (χ0v) is 12.8. The number of nitrogens with zero attached hydrogens (tertiary/aromatic N) is 1. The van der Waals surface area contributed by atoms with Gasteiger partial charge in [0.05, 0.1) is 17.7 Å². The van der Waals surface area contributed by atoms with Crippen molar-refractivity contribution < 1.29 is 14.6 Å². The fourth-order valence-electron chi connectivity index (χ4n) is 2.25. The summed E-state index contributed by atoms with van der Waals surface area (Å²) in [5.74, 6) is 0.633. The third-order valence-electron chi connectivity index (χ3n) is 3.53. The number of morpholine rings is 1. The van der Waals surface area contributed by atoms with Crippen LogP contribution < -0.4 is 4.74 Å². The lowest BCUT2D eigenvalue weighted by atomic mass is 10.1. The van der Waals surface area contributed by atoms with Crippen LogP contribution in [0, 0.1) is 0 Å². The maximum Gasteiger partial charge on any atom is 0.138 e. The highest BCUT2D eigenvalue weighted by molar-refractivity contribution is 6.32. The number of benzene rings is 1. The molecule has 1 heterocycles. The van der Waals surface area contributed by atoms with Gasteiger partial charge in [-0.25, -0.2) is 0 Å². The zero-order chi connectivity index (χ0) is 14.5. The maximum atomic E-state index is 9.50. The van der Waals surface area contributed by atoms with Crippen molar-refractivity contribution in [3.05, 3.63) is 28.8 Å². The molecule has 1 fully saturated rings. The summed E-state index contributed by atoms with van der Waals surface area (Å²) in [6.07, 6.45) is -0.447. The Bertz CT molecular complexity index is 439. The van der Waals surface area contributed by atoms with E-state index in [-0.39, 0.29) is 6.10 Å². The van der Waals surface area contributed by atoms with E-state index in [0.29, 0.717) is 17.4 Å². The molecule has 20 heavy (non-hydrogen) atoms. The molecule has 2 rings (SSSR count). The molecule has 112 valence electrons. The highest BCUT2D eigenvalue weighted by Gasteiger charge is 2.20. The molecule has 0 spiro atoms. The molecule has 0 radical (unpaired) electrons. The average Bonchev–Trinajstić information content (AvgIpc) is 2.46. The zero-order valence-electron chi connectivity index (χ0n) is 12.0. The SMILES string of the molecule is CCN1CCOC(COc2ccc(C(C)O)cc2Cl)C1. The molecule has 5 heteroatoms. The van der Waals surface area contributed by atoms with Crippen LogP contribution in [0.4, 0.5) is 0 Å².